The number of hydrogen-bond acceptors (Lipinski definition) is 4. The highest BCUT2D eigenvalue weighted by atomic mass is 16.6. The van der Waals surface area contributed by atoms with E-state index in [1.807, 2.05) is 25.7 Å². The Hall–Kier alpha value is -0.810. The number of piperidine rings is 1. The van der Waals surface area contributed by atoms with E-state index in [1.54, 1.807) is 0 Å². The zero-order valence-electron chi connectivity index (χ0n) is 14.2. The van der Waals surface area contributed by atoms with Crippen LogP contribution in [0.5, 0.6) is 0 Å². The van der Waals surface area contributed by atoms with Crippen molar-refractivity contribution >= 4 is 6.09 Å². The first-order valence-corrected chi connectivity index (χ1v) is 8.17. The summed E-state index contributed by atoms with van der Waals surface area (Å²) >= 11 is 0. The molecule has 5 nitrogen and oxygen atoms in total. The molecule has 122 valence electrons. The molecular weight excluding hydrogens is 266 g/mol. The van der Waals surface area contributed by atoms with Gasteiger partial charge in [0.15, 0.2) is 0 Å². The summed E-state index contributed by atoms with van der Waals surface area (Å²) in [5, 5.41) is 3.76. The fourth-order valence-electron chi connectivity index (χ4n) is 3.29. The van der Waals surface area contributed by atoms with E-state index >= 15 is 0 Å². The van der Waals surface area contributed by atoms with E-state index in [0.717, 1.165) is 32.6 Å². The maximum Gasteiger partial charge on any atom is 0.410 e. The molecule has 0 saturated carbocycles. The van der Waals surface area contributed by atoms with Crippen LogP contribution in [0.15, 0.2) is 0 Å². The van der Waals surface area contributed by atoms with Gasteiger partial charge in [-0.3, -0.25) is 0 Å². The van der Waals surface area contributed by atoms with Crippen LogP contribution in [0.1, 0.15) is 40.5 Å². The molecule has 1 amide bonds. The maximum atomic E-state index is 12.1. The van der Waals surface area contributed by atoms with Crippen molar-refractivity contribution in [3.63, 3.8) is 0 Å². The van der Waals surface area contributed by atoms with Crippen molar-refractivity contribution in [2.24, 2.45) is 5.92 Å². The fraction of sp³-hybridized carbons (Fsp3) is 0.938. The van der Waals surface area contributed by atoms with E-state index in [9.17, 15) is 4.79 Å². The Balaban J connectivity index is 1.79. The van der Waals surface area contributed by atoms with Gasteiger partial charge in [-0.25, -0.2) is 4.79 Å². The third-order valence-electron chi connectivity index (χ3n) is 4.40. The third kappa shape index (κ3) is 4.85. The van der Waals surface area contributed by atoms with E-state index in [-0.39, 0.29) is 6.09 Å². The number of ether oxygens (including phenoxy) is 1. The Morgan fingerprint density at radius 2 is 1.90 bits per heavy atom. The van der Waals surface area contributed by atoms with E-state index in [0.29, 0.717) is 18.0 Å². The maximum absolute atomic E-state index is 12.1. The first-order valence-electron chi connectivity index (χ1n) is 8.17. The van der Waals surface area contributed by atoms with Crippen LogP contribution in [0.3, 0.4) is 0 Å². The summed E-state index contributed by atoms with van der Waals surface area (Å²) in [6.07, 6.45) is 2.04. The number of amides is 1. The number of nitrogens with zero attached hydrogens (tertiary/aromatic N) is 2. The molecule has 0 bridgehead atoms. The van der Waals surface area contributed by atoms with Crippen LogP contribution in [0.2, 0.25) is 0 Å². The second-order valence-corrected chi connectivity index (χ2v) is 7.71. The van der Waals surface area contributed by atoms with Crippen molar-refractivity contribution < 1.29 is 9.53 Å². The lowest BCUT2D eigenvalue weighted by Gasteiger charge is -2.36. The number of carbonyl (C=O) groups excluding carboxylic acids is 1. The first-order chi connectivity index (χ1) is 9.74. The highest BCUT2D eigenvalue weighted by Crippen LogP contribution is 2.20. The Bertz CT molecular complexity index is 367. The first kappa shape index (κ1) is 16.6. The molecule has 2 heterocycles. The van der Waals surface area contributed by atoms with Gasteiger partial charge < -0.3 is 19.9 Å². The van der Waals surface area contributed by atoms with Crippen LogP contribution in [0.4, 0.5) is 4.79 Å². The van der Waals surface area contributed by atoms with Crippen LogP contribution in [0.25, 0.3) is 0 Å². The largest absolute Gasteiger partial charge is 0.444 e. The molecule has 2 aliphatic rings. The number of likely N-dealkylation sites (tertiary alicyclic amines) is 2. The topological polar surface area (TPSA) is 44.8 Å². The molecule has 2 aliphatic heterocycles. The van der Waals surface area contributed by atoms with Crippen LogP contribution < -0.4 is 5.32 Å². The minimum absolute atomic E-state index is 0.178. The van der Waals surface area contributed by atoms with Gasteiger partial charge in [-0.1, -0.05) is 6.92 Å². The summed E-state index contributed by atoms with van der Waals surface area (Å²) in [5.41, 5.74) is -0.412. The Kier molecular flexibility index (Phi) is 5.15. The lowest BCUT2D eigenvalue weighted by Crippen LogP contribution is -2.51. The van der Waals surface area contributed by atoms with Crippen molar-refractivity contribution in [1.82, 2.24) is 15.1 Å². The summed E-state index contributed by atoms with van der Waals surface area (Å²) in [4.78, 5) is 16.3. The smallest absolute Gasteiger partial charge is 0.410 e. The van der Waals surface area contributed by atoms with Crippen LogP contribution in [0, 0.1) is 5.92 Å². The predicted octanol–water partition coefficient (Wildman–Crippen LogP) is 1.93. The normalized spacial score (nSPS) is 31.5. The molecule has 0 spiro atoms. The Labute approximate surface area is 129 Å². The lowest BCUT2D eigenvalue weighted by molar-refractivity contribution is 0.0289. The van der Waals surface area contributed by atoms with Gasteiger partial charge in [-0.15, -0.1) is 0 Å². The number of nitrogens with one attached hydrogen (secondary N) is 1. The molecule has 21 heavy (non-hydrogen) atoms. The van der Waals surface area contributed by atoms with Gasteiger partial charge in [0.2, 0.25) is 0 Å². The standard InChI is InChI=1S/C16H31N3O2/c1-12-10-18(5)8-7-14(12)17-13-6-9-19(11-13)15(20)21-16(2,3)4/h12-14,17H,6-11H2,1-5H3. The molecule has 0 radical (unpaired) electrons. The van der Waals surface area contributed by atoms with Crippen LogP contribution in [-0.2, 0) is 4.74 Å². The van der Waals surface area contributed by atoms with Crippen LogP contribution >= 0.6 is 0 Å². The quantitative estimate of drug-likeness (QED) is 0.846. The summed E-state index contributed by atoms with van der Waals surface area (Å²) in [7, 11) is 2.19. The van der Waals surface area contributed by atoms with Gasteiger partial charge >= 0.3 is 6.09 Å². The zero-order chi connectivity index (χ0) is 15.6. The monoisotopic (exact) mass is 297 g/mol. The molecule has 2 rings (SSSR count). The molecular formula is C16H31N3O2. The molecule has 5 heteroatoms. The minimum atomic E-state index is -0.412. The van der Waals surface area contributed by atoms with Gasteiger partial charge in [0, 0.05) is 31.7 Å². The Morgan fingerprint density at radius 3 is 2.52 bits per heavy atom. The third-order valence-corrected chi connectivity index (χ3v) is 4.40. The Morgan fingerprint density at radius 1 is 1.19 bits per heavy atom. The van der Waals surface area contributed by atoms with E-state index in [2.05, 4.69) is 24.2 Å². The molecule has 1 N–H and O–H groups in total. The summed E-state index contributed by atoms with van der Waals surface area (Å²) in [6, 6.07) is 0.984. The van der Waals surface area contributed by atoms with Crippen molar-refractivity contribution in [3.8, 4) is 0 Å². The van der Waals surface area contributed by atoms with Crippen molar-refractivity contribution in [2.45, 2.75) is 58.2 Å². The molecule has 2 fully saturated rings. The zero-order valence-corrected chi connectivity index (χ0v) is 14.2. The second kappa shape index (κ2) is 6.53. The summed E-state index contributed by atoms with van der Waals surface area (Å²) in [5.74, 6) is 0.666. The van der Waals surface area contributed by atoms with Gasteiger partial charge in [0.25, 0.3) is 0 Å². The average molecular weight is 297 g/mol. The second-order valence-electron chi connectivity index (χ2n) is 7.71. The summed E-state index contributed by atoms with van der Waals surface area (Å²) in [6.45, 7) is 11.9. The molecule has 0 aromatic rings. The highest BCUT2D eigenvalue weighted by molar-refractivity contribution is 5.68. The minimum Gasteiger partial charge on any atom is -0.444 e. The molecule has 0 aliphatic carbocycles. The number of rotatable bonds is 2. The van der Waals surface area contributed by atoms with Crippen LogP contribution in [-0.4, -0.2) is 66.8 Å². The molecule has 0 aromatic heterocycles. The van der Waals surface area contributed by atoms with E-state index < -0.39 is 5.60 Å². The van der Waals surface area contributed by atoms with Crippen molar-refractivity contribution in [1.29, 1.82) is 0 Å². The van der Waals surface area contributed by atoms with E-state index in [4.69, 9.17) is 4.74 Å². The predicted molar refractivity (Wildman–Crippen MR) is 84.4 cm³/mol. The molecule has 3 unspecified atom stereocenters. The van der Waals surface area contributed by atoms with Gasteiger partial charge in [0.1, 0.15) is 5.60 Å². The SMILES string of the molecule is CC1CN(C)CCC1NC1CCN(C(=O)OC(C)(C)C)C1. The molecule has 3 atom stereocenters. The lowest BCUT2D eigenvalue weighted by atomic mass is 9.93. The van der Waals surface area contributed by atoms with Gasteiger partial charge in [-0.2, -0.15) is 0 Å². The fourth-order valence-corrected chi connectivity index (χ4v) is 3.29. The van der Waals surface area contributed by atoms with Gasteiger partial charge in [-0.05, 0) is 53.1 Å². The van der Waals surface area contributed by atoms with Crippen molar-refractivity contribution in [2.75, 3.05) is 33.2 Å². The van der Waals surface area contributed by atoms with E-state index in [1.165, 1.54) is 6.42 Å². The number of hydrogen-bond donors (Lipinski definition) is 1. The molecule has 0 aromatic carbocycles. The number of carbonyl (C=O) groups is 1. The summed E-state index contributed by atoms with van der Waals surface area (Å²) < 4.78 is 5.45. The average Bonchev–Trinajstić information content (AvgIpc) is 2.79. The van der Waals surface area contributed by atoms with Gasteiger partial charge in [0.05, 0.1) is 0 Å². The molecule has 2 saturated heterocycles. The highest BCUT2D eigenvalue weighted by Gasteiger charge is 2.32. The van der Waals surface area contributed by atoms with Crippen molar-refractivity contribution in [3.05, 3.63) is 0 Å².